The van der Waals surface area contributed by atoms with E-state index in [1.807, 2.05) is 0 Å². The number of hydrogen-bond donors (Lipinski definition) is 1. The summed E-state index contributed by atoms with van der Waals surface area (Å²) in [4.78, 5) is 16.9. The number of non-ortho nitro benzene ring substituents is 1. The Kier molecular flexibility index (Phi) is 6.75. The van der Waals surface area contributed by atoms with Gasteiger partial charge in [0.2, 0.25) is 10.0 Å². The normalized spacial score (nSPS) is 10.9. The third-order valence-electron chi connectivity index (χ3n) is 3.18. The van der Waals surface area contributed by atoms with Gasteiger partial charge in [0.1, 0.15) is 0 Å². The van der Waals surface area contributed by atoms with Crippen LogP contribution in [0.3, 0.4) is 0 Å². The van der Waals surface area contributed by atoms with Crippen molar-refractivity contribution < 1.29 is 82.7 Å². The number of rotatable bonds is 2. The van der Waals surface area contributed by atoms with Gasteiger partial charge in [-0.25, -0.2) is 13.6 Å². The van der Waals surface area contributed by atoms with Gasteiger partial charge >= 0.3 is 59.1 Å². The van der Waals surface area contributed by atoms with E-state index < -0.39 is 37.3 Å². The van der Waals surface area contributed by atoms with E-state index in [2.05, 4.69) is 9.97 Å². The second-order valence-corrected chi connectivity index (χ2v) is 6.11. The van der Waals surface area contributed by atoms with Gasteiger partial charge in [-0.2, -0.15) is 0 Å². The van der Waals surface area contributed by atoms with Crippen molar-refractivity contribution in [3.63, 3.8) is 0 Å². The fraction of sp³-hybridized carbons (Fsp3) is 0. The van der Waals surface area contributed by atoms with E-state index in [9.17, 15) is 28.7 Å². The third kappa shape index (κ3) is 3.88. The van der Waals surface area contributed by atoms with Gasteiger partial charge in [0.25, 0.3) is 5.69 Å². The smallest absolute Gasteiger partial charge is 0.858 e. The molecule has 0 spiro atoms. The van der Waals surface area contributed by atoms with Crippen molar-refractivity contribution in [3.05, 3.63) is 34.4 Å². The Balaban J connectivity index is 0.00000156. The predicted octanol–water partition coefficient (Wildman–Crippen LogP) is -6.51. The van der Waals surface area contributed by atoms with E-state index in [1.165, 1.54) is 12.1 Å². The molecule has 0 radical (unpaired) electrons. The Morgan fingerprint density at radius 2 is 1.68 bits per heavy atom. The first-order valence-corrected chi connectivity index (χ1v) is 7.53. The van der Waals surface area contributed by atoms with Crippen molar-refractivity contribution in [2.45, 2.75) is 4.90 Å². The van der Waals surface area contributed by atoms with Crippen LogP contribution in [0.15, 0.2) is 29.2 Å². The van der Waals surface area contributed by atoms with Gasteiger partial charge in [-0.15, -0.1) is 0 Å². The molecule has 0 aliphatic carbocycles. The fourth-order valence-corrected chi connectivity index (χ4v) is 3.06. The van der Waals surface area contributed by atoms with Crippen LogP contribution in [-0.2, 0) is 10.0 Å². The van der Waals surface area contributed by atoms with Crippen molar-refractivity contribution in [2.75, 3.05) is 0 Å². The topological polar surface area (TPSA) is 175 Å². The number of nitrogens with two attached hydrogens (primary N) is 1. The Hall–Kier alpha value is -1.05. The number of benzene rings is 2. The zero-order valence-corrected chi connectivity index (χ0v) is 17.9. The van der Waals surface area contributed by atoms with E-state index in [-0.39, 0.29) is 80.9 Å². The Morgan fingerprint density at radius 1 is 1.08 bits per heavy atom. The second kappa shape index (κ2) is 7.68. The number of nitro benzene ring substituents is 1. The van der Waals surface area contributed by atoms with Crippen molar-refractivity contribution in [1.82, 2.24) is 9.97 Å². The largest absolute Gasteiger partial charge is 1.00 e. The quantitative estimate of drug-likeness (QED) is 0.197. The van der Waals surface area contributed by atoms with E-state index in [0.717, 1.165) is 12.1 Å². The van der Waals surface area contributed by atoms with Gasteiger partial charge in [0, 0.05) is 11.5 Å². The molecule has 0 unspecified atom stereocenters. The van der Waals surface area contributed by atoms with E-state index in [1.54, 1.807) is 0 Å². The van der Waals surface area contributed by atoms with Crippen LogP contribution >= 0.6 is 0 Å². The average molecular weight is 380 g/mol. The molecule has 2 N–H and O–H groups in total. The molecule has 10 nitrogen and oxygen atoms in total. The fourth-order valence-electron chi connectivity index (χ4n) is 2.29. The SMILES string of the molecule is NS(=O)(=O)c1cccc2c1c([N+](=O)[O-])cc1nc([O-])c([O-])nc12.[Na+].[Na+]. The molecule has 13 heteroatoms. The summed E-state index contributed by atoms with van der Waals surface area (Å²) >= 11 is 0. The molecule has 25 heavy (non-hydrogen) atoms. The number of sulfonamides is 1. The summed E-state index contributed by atoms with van der Waals surface area (Å²) in [7, 11) is -4.26. The summed E-state index contributed by atoms with van der Waals surface area (Å²) in [6, 6.07) is 4.62. The first-order valence-electron chi connectivity index (χ1n) is 5.99. The number of nitrogens with zero attached hydrogens (tertiary/aromatic N) is 3. The van der Waals surface area contributed by atoms with Crippen LogP contribution < -0.4 is 74.5 Å². The summed E-state index contributed by atoms with van der Waals surface area (Å²) in [6.45, 7) is 0. The van der Waals surface area contributed by atoms with Gasteiger partial charge < -0.3 is 10.2 Å². The van der Waals surface area contributed by atoms with Gasteiger partial charge in [-0.3, -0.25) is 20.1 Å². The molecular formula is C12H6N4Na2O6S. The molecule has 0 atom stereocenters. The molecule has 0 saturated carbocycles. The molecule has 118 valence electrons. The van der Waals surface area contributed by atoms with Crippen molar-refractivity contribution in [1.29, 1.82) is 0 Å². The van der Waals surface area contributed by atoms with E-state index in [0.29, 0.717) is 0 Å². The standard InChI is InChI=1S/C12H8N4O6S.2Na/c13-23(21,22)8-3-1-2-5-9(8)7(16(19)20)4-6-10(5)15-12(18)11(17)14-6;;/h1-4H,(H,14,17)(H,15,18)(H2,13,21,22);;/q;2*+1/p-2. The van der Waals surface area contributed by atoms with E-state index >= 15 is 0 Å². The Morgan fingerprint density at radius 3 is 2.24 bits per heavy atom. The molecular weight excluding hydrogens is 374 g/mol. The van der Waals surface area contributed by atoms with Crippen LogP contribution in [0.4, 0.5) is 5.69 Å². The molecule has 1 aromatic heterocycles. The van der Waals surface area contributed by atoms with Crippen LogP contribution in [0, 0.1) is 10.1 Å². The zero-order valence-electron chi connectivity index (χ0n) is 13.1. The number of primary sulfonamides is 1. The summed E-state index contributed by atoms with van der Waals surface area (Å²) in [5.74, 6) is -2.30. The number of fused-ring (bicyclic) bond motifs is 3. The summed E-state index contributed by atoms with van der Waals surface area (Å²) in [6.07, 6.45) is 0. The van der Waals surface area contributed by atoms with Crippen LogP contribution in [0.1, 0.15) is 0 Å². The number of hydrogen-bond acceptors (Lipinski definition) is 8. The summed E-state index contributed by atoms with van der Waals surface area (Å²) in [5, 5.41) is 38.8. The zero-order chi connectivity index (χ0) is 16.9. The monoisotopic (exact) mass is 380 g/mol. The maximum atomic E-state index is 11.7. The molecule has 0 aliphatic rings. The van der Waals surface area contributed by atoms with E-state index in [4.69, 9.17) is 5.14 Å². The van der Waals surface area contributed by atoms with Gasteiger partial charge in [0.15, 0.2) is 0 Å². The number of nitro groups is 1. The van der Waals surface area contributed by atoms with Crippen molar-refractivity contribution in [3.8, 4) is 11.8 Å². The summed E-state index contributed by atoms with van der Waals surface area (Å²) < 4.78 is 23.4. The van der Waals surface area contributed by atoms with Gasteiger partial charge in [0.05, 0.1) is 26.2 Å². The van der Waals surface area contributed by atoms with Crippen LogP contribution in [0.5, 0.6) is 11.8 Å². The second-order valence-electron chi connectivity index (χ2n) is 4.58. The molecule has 2 aromatic carbocycles. The minimum atomic E-state index is -4.26. The van der Waals surface area contributed by atoms with Crippen molar-refractivity contribution in [2.24, 2.45) is 5.14 Å². The molecule has 3 rings (SSSR count). The van der Waals surface area contributed by atoms with Crippen LogP contribution in [0.2, 0.25) is 0 Å². The molecule has 0 saturated heterocycles. The molecule has 0 amide bonds. The Labute approximate surface area is 184 Å². The maximum absolute atomic E-state index is 11.7. The third-order valence-corrected chi connectivity index (χ3v) is 4.13. The van der Waals surface area contributed by atoms with Crippen molar-refractivity contribution >= 4 is 37.5 Å². The first-order chi connectivity index (χ1) is 10.7. The summed E-state index contributed by atoms with van der Waals surface area (Å²) in [5.41, 5.74) is -0.898. The predicted molar refractivity (Wildman–Crippen MR) is 74.0 cm³/mol. The molecule has 0 fully saturated rings. The average Bonchev–Trinajstić information content (AvgIpc) is 2.46. The maximum Gasteiger partial charge on any atom is 1.00 e. The van der Waals surface area contributed by atoms with Gasteiger partial charge in [-0.1, -0.05) is 12.1 Å². The first kappa shape index (κ1) is 22.0. The van der Waals surface area contributed by atoms with Gasteiger partial charge in [-0.05, 0) is 17.8 Å². The van der Waals surface area contributed by atoms with Crippen LogP contribution in [0.25, 0.3) is 21.8 Å². The molecule has 1 heterocycles. The minimum Gasteiger partial charge on any atom is -0.858 e. The van der Waals surface area contributed by atoms with Crippen LogP contribution in [-0.4, -0.2) is 23.3 Å². The Bertz CT molecular complexity index is 1110. The molecule has 0 aliphatic heterocycles. The molecule has 0 bridgehead atoms. The minimum absolute atomic E-state index is 0. The number of aromatic nitrogens is 2. The molecule has 3 aromatic rings.